The maximum atomic E-state index is 11.2. The lowest BCUT2D eigenvalue weighted by atomic mass is 10.1. The molecule has 0 aromatic carbocycles. The number of rotatable bonds is 10. The van der Waals surface area contributed by atoms with Crippen LogP contribution in [0.4, 0.5) is 0 Å². The molecular weight excluding hydrogens is 282 g/mol. The van der Waals surface area contributed by atoms with E-state index in [2.05, 4.69) is 15.6 Å². The third kappa shape index (κ3) is 8.87. The smallest absolute Gasteiger partial charge is 0.305 e. The van der Waals surface area contributed by atoms with Crippen molar-refractivity contribution in [1.82, 2.24) is 10.6 Å². The quantitative estimate of drug-likeness (QED) is 0.279. The van der Waals surface area contributed by atoms with Gasteiger partial charge in [-0.25, -0.2) is 0 Å². The first-order chi connectivity index (χ1) is 10.8. The van der Waals surface area contributed by atoms with Crippen LogP contribution < -0.4 is 10.6 Å². The van der Waals surface area contributed by atoms with Crippen LogP contribution in [0.2, 0.25) is 0 Å². The van der Waals surface area contributed by atoms with Crippen molar-refractivity contribution in [3.05, 3.63) is 0 Å². The first-order valence-electron chi connectivity index (χ1n) is 8.48. The van der Waals surface area contributed by atoms with Crippen molar-refractivity contribution >= 4 is 11.9 Å². The normalized spacial score (nSPS) is 18.3. The minimum atomic E-state index is -0.0839. The summed E-state index contributed by atoms with van der Waals surface area (Å²) in [5, 5.41) is 6.60. The minimum Gasteiger partial charge on any atom is -0.466 e. The third-order valence-electron chi connectivity index (χ3n) is 3.65. The molecule has 1 atom stereocenters. The van der Waals surface area contributed by atoms with E-state index < -0.39 is 0 Å². The molecular formula is C16H31N3O3. The fraction of sp³-hybridized carbons (Fsp3) is 0.875. The summed E-state index contributed by atoms with van der Waals surface area (Å²) in [4.78, 5) is 15.4. The Labute approximate surface area is 134 Å². The van der Waals surface area contributed by atoms with Crippen molar-refractivity contribution in [2.45, 2.75) is 58.0 Å². The molecule has 1 unspecified atom stereocenters. The number of esters is 1. The average molecular weight is 313 g/mol. The molecule has 128 valence electrons. The second-order valence-corrected chi connectivity index (χ2v) is 5.48. The number of nitrogens with zero attached hydrogens (tertiary/aromatic N) is 1. The third-order valence-corrected chi connectivity index (χ3v) is 3.65. The number of aliphatic imine (C=N–C) groups is 1. The topological polar surface area (TPSA) is 72.0 Å². The molecule has 0 spiro atoms. The predicted octanol–water partition coefficient (Wildman–Crippen LogP) is 1.84. The molecule has 22 heavy (non-hydrogen) atoms. The molecule has 1 rings (SSSR count). The van der Waals surface area contributed by atoms with Crippen LogP contribution in [-0.4, -0.2) is 51.4 Å². The van der Waals surface area contributed by atoms with Crippen molar-refractivity contribution in [3.63, 3.8) is 0 Å². The standard InChI is InChI=1S/C16H31N3O3/c1-3-21-15(20)10-6-4-5-7-11-18-16(17-2)19-13-14-9-8-12-22-14/h14H,3-13H2,1-2H3,(H2,17,18,19). The number of carbonyl (C=O) groups is 1. The highest BCUT2D eigenvalue weighted by Gasteiger charge is 2.15. The molecule has 0 amide bonds. The van der Waals surface area contributed by atoms with Crippen LogP contribution in [0.25, 0.3) is 0 Å². The lowest BCUT2D eigenvalue weighted by molar-refractivity contribution is -0.143. The van der Waals surface area contributed by atoms with Gasteiger partial charge in [0.05, 0.1) is 12.7 Å². The summed E-state index contributed by atoms with van der Waals surface area (Å²) in [7, 11) is 1.78. The van der Waals surface area contributed by atoms with E-state index in [1.807, 2.05) is 6.92 Å². The fourth-order valence-electron chi connectivity index (χ4n) is 2.42. The van der Waals surface area contributed by atoms with Crippen LogP contribution >= 0.6 is 0 Å². The molecule has 1 fully saturated rings. The highest BCUT2D eigenvalue weighted by molar-refractivity contribution is 5.79. The van der Waals surface area contributed by atoms with Gasteiger partial charge in [0.15, 0.2) is 5.96 Å². The van der Waals surface area contributed by atoms with Gasteiger partial charge in [-0.15, -0.1) is 0 Å². The number of hydrogen-bond acceptors (Lipinski definition) is 4. The van der Waals surface area contributed by atoms with Gasteiger partial charge in [0.25, 0.3) is 0 Å². The van der Waals surface area contributed by atoms with Crippen molar-refractivity contribution in [2.24, 2.45) is 4.99 Å². The van der Waals surface area contributed by atoms with Crippen LogP contribution in [0.1, 0.15) is 51.9 Å². The molecule has 1 saturated heterocycles. The van der Waals surface area contributed by atoms with Crippen LogP contribution in [-0.2, 0) is 14.3 Å². The van der Waals surface area contributed by atoms with Gasteiger partial charge in [-0.3, -0.25) is 9.79 Å². The Balaban J connectivity index is 1.94. The molecule has 0 bridgehead atoms. The molecule has 0 radical (unpaired) electrons. The summed E-state index contributed by atoms with van der Waals surface area (Å²) in [5.74, 6) is 0.751. The summed E-state index contributed by atoms with van der Waals surface area (Å²) < 4.78 is 10.5. The van der Waals surface area contributed by atoms with Crippen molar-refractivity contribution in [3.8, 4) is 0 Å². The van der Waals surface area contributed by atoms with E-state index in [4.69, 9.17) is 9.47 Å². The second-order valence-electron chi connectivity index (χ2n) is 5.48. The zero-order chi connectivity index (χ0) is 16.0. The van der Waals surface area contributed by atoms with E-state index in [1.54, 1.807) is 7.05 Å². The highest BCUT2D eigenvalue weighted by Crippen LogP contribution is 2.10. The Hall–Kier alpha value is -1.30. The van der Waals surface area contributed by atoms with Crippen LogP contribution in [0.5, 0.6) is 0 Å². The Morgan fingerprint density at radius 2 is 2.09 bits per heavy atom. The van der Waals surface area contributed by atoms with E-state index in [9.17, 15) is 4.79 Å². The zero-order valence-corrected chi connectivity index (χ0v) is 14.0. The molecule has 1 aliphatic heterocycles. The maximum Gasteiger partial charge on any atom is 0.305 e. The maximum absolute atomic E-state index is 11.2. The Morgan fingerprint density at radius 1 is 1.27 bits per heavy atom. The average Bonchev–Trinajstić information content (AvgIpc) is 3.03. The van der Waals surface area contributed by atoms with Gasteiger partial charge in [-0.1, -0.05) is 12.8 Å². The Morgan fingerprint density at radius 3 is 2.77 bits per heavy atom. The number of hydrogen-bond donors (Lipinski definition) is 2. The summed E-state index contributed by atoms with van der Waals surface area (Å²) in [5.41, 5.74) is 0. The van der Waals surface area contributed by atoms with Gasteiger partial charge in [0.1, 0.15) is 0 Å². The second kappa shape index (κ2) is 12.3. The summed E-state index contributed by atoms with van der Waals surface area (Å²) >= 11 is 0. The number of unbranched alkanes of at least 4 members (excludes halogenated alkanes) is 3. The van der Waals surface area contributed by atoms with Gasteiger partial charge < -0.3 is 20.1 Å². The van der Waals surface area contributed by atoms with E-state index in [-0.39, 0.29) is 5.97 Å². The predicted molar refractivity (Wildman–Crippen MR) is 88.1 cm³/mol. The van der Waals surface area contributed by atoms with Gasteiger partial charge in [0, 0.05) is 33.2 Å². The SMILES string of the molecule is CCOC(=O)CCCCCCNC(=NC)NCC1CCCO1. The molecule has 1 aliphatic rings. The van der Waals surface area contributed by atoms with E-state index in [0.717, 1.165) is 64.2 Å². The summed E-state index contributed by atoms with van der Waals surface area (Å²) in [6.45, 7) is 4.90. The van der Waals surface area contributed by atoms with Gasteiger partial charge in [-0.05, 0) is 32.6 Å². The fourth-order valence-corrected chi connectivity index (χ4v) is 2.42. The van der Waals surface area contributed by atoms with Crippen molar-refractivity contribution in [2.75, 3.05) is 33.4 Å². The van der Waals surface area contributed by atoms with Gasteiger partial charge in [0.2, 0.25) is 0 Å². The van der Waals surface area contributed by atoms with Crippen LogP contribution in [0, 0.1) is 0 Å². The summed E-state index contributed by atoms with van der Waals surface area (Å²) in [6, 6.07) is 0. The lowest BCUT2D eigenvalue weighted by Crippen LogP contribution is -2.41. The number of nitrogens with one attached hydrogen (secondary N) is 2. The van der Waals surface area contributed by atoms with E-state index in [0.29, 0.717) is 19.1 Å². The Bertz CT molecular complexity index is 329. The molecule has 0 aromatic heterocycles. The monoisotopic (exact) mass is 313 g/mol. The molecule has 2 N–H and O–H groups in total. The lowest BCUT2D eigenvalue weighted by Gasteiger charge is -2.14. The van der Waals surface area contributed by atoms with Gasteiger partial charge >= 0.3 is 5.97 Å². The largest absolute Gasteiger partial charge is 0.466 e. The van der Waals surface area contributed by atoms with Crippen molar-refractivity contribution < 1.29 is 14.3 Å². The van der Waals surface area contributed by atoms with E-state index in [1.165, 1.54) is 0 Å². The van der Waals surface area contributed by atoms with Crippen LogP contribution in [0.15, 0.2) is 4.99 Å². The number of ether oxygens (including phenoxy) is 2. The first-order valence-corrected chi connectivity index (χ1v) is 8.48. The van der Waals surface area contributed by atoms with E-state index >= 15 is 0 Å². The van der Waals surface area contributed by atoms with Crippen molar-refractivity contribution in [1.29, 1.82) is 0 Å². The summed E-state index contributed by atoms with van der Waals surface area (Å²) in [6.07, 6.45) is 7.29. The molecule has 0 aliphatic carbocycles. The van der Waals surface area contributed by atoms with Crippen LogP contribution in [0.3, 0.4) is 0 Å². The highest BCUT2D eigenvalue weighted by atomic mass is 16.5. The number of carbonyl (C=O) groups excluding carboxylic acids is 1. The minimum absolute atomic E-state index is 0.0839. The zero-order valence-electron chi connectivity index (χ0n) is 14.0. The molecule has 0 saturated carbocycles. The molecule has 6 heteroatoms. The van der Waals surface area contributed by atoms with Gasteiger partial charge in [-0.2, -0.15) is 0 Å². The molecule has 6 nitrogen and oxygen atoms in total. The number of guanidine groups is 1. The molecule has 0 aromatic rings. The molecule has 1 heterocycles. The Kier molecular flexibility index (Phi) is 10.5. The first kappa shape index (κ1) is 18.7.